The number of rotatable bonds is 1. The summed E-state index contributed by atoms with van der Waals surface area (Å²) >= 11 is 0. The maximum atomic E-state index is 14.4. The molecule has 1 aliphatic heterocycles. The van der Waals surface area contributed by atoms with Gasteiger partial charge in [-0.05, 0) is 31.6 Å². The van der Waals surface area contributed by atoms with Crippen LogP contribution in [0.25, 0.3) is 0 Å². The van der Waals surface area contributed by atoms with Crippen LogP contribution in [-0.2, 0) is 4.74 Å². The molecule has 21 heavy (non-hydrogen) atoms. The first-order valence-electron chi connectivity index (χ1n) is 6.70. The third kappa shape index (κ3) is 1.58. The fourth-order valence-corrected chi connectivity index (χ4v) is 4.01. The molecule has 2 N–H and O–H groups in total. The summed E-state index contributed by atoms with van der Waals surface area (Å²) in [5, 5.41) is 19.9. The Kier molecular flexibility index (Phi) is 2.87. The molecular weight excluding hydrogens is 299 g/mol. The van der Waals surface area contributed by atoms with Crippen molar-refractivity contribution in [3.63, 3.8) is 0 Å². The van der Waals surface area contributed by atoms with Crippen molar-refractivity contribution in [1.82, 2.24) is 0 Å². The monoisotopic (exact) mass is 314 g/mol. The molecule has 6 unspecified atom stereocenters. The largest absolute Gasteiger partial charge is 0.449 e. The number of allylic oxidation sites excluding steroid dienone is 2. The Hall–Kier alpha value is -0.730. The zero-order valence-corrected chi connectivity index (χ0v) is 11.1. The number of ether oxygens (including phenoxy) is 1. The standard InChI is InChI=1S/C13H15F5O3/c1-6-10(19,9-5-7-2-3-8(9)4-7)11(14,15)12(20,21-6)13(16,17)18/h2-3,6-9,19-20H,4-5H2,1H3. The highest BCUT2D eigenvalue weighted by atomic mass is 19.4. The summed E-state index contributed by atoms with van der Waals surface area (Å²) in [6.45, 7) is 0.938. The van der Waals surface area contributed by atoms with Crippen molar-refractivity contribution in [3.05, 3.63) is 12.2 Å². The van der Waals surface area contributed by atoms with Crippen molar-refractivity contribution in [2.75, 3.05) is 0 Å². The molecule has 8 heteroatoms. The van der Waals surface area contributed by atoms with Crippen molar-refractivity contribution >= 4 is 0 Å². The Balaban J connectivity index is 2.05. The average molecular weight is 314 g/mol. The zero-order chi connectivity index (χ0) is 15.8. The summed E-state index contributed by atoms with van der Waals surface area (Å²) in [4.78, 5) is 0. The summed E-state index contributed by atoms with van der Waals surface area (Å²) in [6.07, 6.45) is -3.39. The van der Waals surface area contributed by atoms with Gasteiger partial charge >= 0.3 is 17.9 Å². The van der Waals surface area contributed by atoms with Crippen LogP contribution in [0.1, 0.15) is 19.8 Å². The van der Waals surface area contributed by atoms with Crippen LogP contribution in [0.3, 0.4) is 0 Å². The minimum atomic E-state index is -5.71. The summed E-state index contributed by atoms with van der Waals surface area (Å²) in [5.41, 5.74) is -3.05. The van der Waals surface area contributed by atoms with E-state index in [9.17, 15) is 32.2 Å². The fraction of sp³-hybridized carbons (Fsp3) is 0.846. The first-order chi connectivity index (χ1) is 9.45. The second-order valence-corrected chi connectivity index (χ2v) is 6.19. The van der Waals surface area contributed by atoms with Crippen LogP contribution in [0.2, 0.25) is 0 Å². The van der Waals surface area contributed by atoms with Crippen LogP contribution < -0.4 is 0 Å². The van der Waals surface area contributed by atoms with E-state index in [0.717, 1.165) is 6.92 Å². The average Bonchev–Trinajstić information content (AvgIpc) is 3.00. The highest BCUT2D eigenvalue weighted by Crippen LogP contribution is 2.62. The van der Waals surface area contributed by atoms with E-state index in [1.165, 1.54) is 0 Å². The Morgan fingerprint density at radius 2 is 1.76 bits per heavy atom. The van der Waals surface area contributed by atoms with Gasteiger partial charge in [0.25, 0.3) is 0 Å². The lowest BCUT2D eigenvalue weighted by atomic mass is 9.71. The molecular formula is C13H15F5O3. The second-order valence-electron chi connectivity index (χ2n) is 6.19. The summed E-state index contributed by atoms with van der Waals surface area (Å²) in [6, 6.07) is 0. The van der Waals surface area contributed by atoms with E-state index in [1.54, 1.807) is 6.08 Å². The van der Waals surface area contributed by atoms with E-state index in [2.05, 4.69) is 4.74 Å². The van der Waals surface area contributed by atoms with E-state index < -0.39 is 41.4 Å². The van der Waals surface area contributed by atoms with Crippen LogP contribution in [-0.4, -0.2) is 39.8 Å². The molecule has 3 aliphatic rings. The summed E-state index contributed by atoms with van der Waals surface area (Å²) < 4.78 is 71.5. The van der Waals surface area contributed by atoms with E-state index in [4.69, 9.17) is 0 Å². The van der Waals surface area contributed by atoms with Gasteiger partial charge in [0.1, 0.15) is 0 Å². The Morgan fingerprint density at radius 1 is 1.14 bits per heavy atom. The SMILES string of the molecule is CC1OC(O)(C(F)(F)F)C(F)(F)C1(O)C1CC2C=CC1C2. The topological polar surface area (TPSA) is 49.7 Å². The maximum absolute atomic E-state index is 14.4. The molecule has 2 aliphatic carbocycles. The Morgan fingerprint density at radius 3 is 2.14 bits per heavy atom. The van der Waals surface area contributed by atoms with Crippen LogP contribution in [0.4, 0.5) is 22.0 Å². The molecule has 1 heterocycles. The van der Waals surface area contributed by atoms with Gasteiger partial charge in [-0.3, -0.25) is 0 Å². The molecule has 0 aromatic rings. The van der Waals surface area contributed by atoms with Crippen molar-refractivity contribution in [3.8, 4) is 0 Å². The number of alkyl halides is 5. The third-order valence-corrected chi connectivity index (χ3v) is 5.12. The van der Waals surface area contributed by atoms with Gasteiger partial charge in [-0.2, -0.15) is 22.0 Å². The second kappa shape index (κ2) is 3.97. The van der Waals surface area contributed by atoms with Crippen LogP contribution in [0.5, 0.6) is 0 Å². The van der Waals surface area contributed by atoms with Crippen LogP contribution >= 0.6 is 0 Å². The third-order valence-electron chi connectivity index (χ3n) is 5.12. The first kappa shape index (κ1) is 15.2. The predicted octanol–water partition coefficient (Wildman–Crippen LogP) is 2.23. The molecule has 1 saturated carbocycles. The highest BCUT2D eigenvalue weighted by Gasteiger charge is 2.86. The van der Waals surface area contributed by atoms with Gasteiger partial charge in [0, 0.05) is 5.92 Å². The molecule has 0 aromatic heterocycles. The molecule has 120 valence electrons. The Labute approximate surface area is 117 Å². The normalized spacial score (nSPS) is 51.8. The fourth-order valence-electron chi connectivity index (χ4n) is 4.01. The minimum Gasteiger partial charge on any atom is -0.380 e. The number of fused-ring (bicyclic) bond motifs is 2. The molecule has 0 radical (unpaired) electrons. The first-order valence-corrected chi connectivity index (χ1v) is 6.70. The smallest absolute Gasteiger partial charge is 0.380 e. The molecule has 2 fully saturated rings. The lowest BCUT2D eigenvalue weighted by molar-refractivity contribution is -0.413. The highest BCUT2D eigenvalue weighted by molar-refractivity contribution is 5.22. The van der Waals surface area contributed by atoms with E-state index >= 15 is 0 Å². The number of hydrogen-bond donors (Lipinski definition) is 2. The quantitative estimate of drug-likeness (QED) is 0.576. The summed E-state index contributed by atoms with van der Waals surface area (Å²) in [7, 11) is 0. The molecule has 6 atom stereocenters. The zero-order valence-electron chi connectivity index (χ0n) is 11.1. The van der Waals surface area contributed by atoms with E-state index in [0.29, 0.717) is 6.42 Å². The molecule has 0 spiro atoms. The lowest BCUT2D eigenvalue weighted by Crippen LogP contribution is -2.66. The molecule has 1 saturated heterocycles. The minimum absolute atomic E-state index is 0.0217. The Bertz CT molecular complexity index is 491. The van der Waals surface area contributed by atoms with Gasteiger partial charge in [0.15, 0.2) is 5.60 Å². The van der Waals surface area contributed by atoms with Gasteiger partial charge in [0.05, 0.1) is 6.10 Å². The van der Waals surface area contributed by atoms with Crippen molar-refractivity contribution in [1.29, 1.82) is 0 Å². The van der Waals surface area contributed by atoms with Gasteiger partial charge in [-0.1, -0.05) is 12.2 Å². The molecule has 2 bridgehead atoms. The number of halogens is 5. The number of hydrogen-bond acceptors (Lipinski definition) is 3. The molecule has 3 nitrogen and oxygen atoms in total. The van der Waals surface area contributed by atoms with Gasteiger partial charge in [-0.15, -0.1) is 0 Å². The van der Waals surface area contributed by atoms with E-state index in [-0.39, 0.29) is 12.3 Å². The van der Waals surface area contributed by atoms with Gasteiger partial charge in [-0.25, -0.2) is 0 Å². The maximum Gasteiger partial charge on any atom is 0.449 e. The van der Waals surface area contributed by atoms with Crippen molar-refractivity contribution < 1.29 is 36.9 Å². The summed E-state index contributed by atoms with van der Waals surface area (Å²) in [5.74, 6) is -11.0. The number of aliphatic hydroxyl groups is 2. The predicted molar refractivity (Wildman–Crippen MR) is 60.3 cm³/mol. The van der Waals surface area contributed by atoms with Gasteiger partial charge < -0.3 is 14.9 Å². The van der Waals surface area contributed by atoms with Gasteiger partial charge in [0.2, 0.25) is 0 Å². The molecule has 3 rings (SSSR count). The van der Waals surface area contributed by atoms with Crippen LogP contribution in [0.15, 0.2) is 12.2 Å². The van der Waals surface area contributed by atoms with Crippen LogP contribution in [0, 0.1) is 17.8 Å². The molecule has 0 amide bonds. The van der Waals surface area contributed by atoms with Crippen molar-refractivity contribution in [2.24, 2.45) is 17.8 Å². The van der Waals surface area contributed by atoms with Crippen molar-refractivity contribution in [2.45, 2.75) is 49.4 Å². The molecule has 0 aromatic carbocycles. The lowest BCUT2D eigenvalue weighted by Gasteiger charge is -2.41. The van der Waals surface area contributed by atoms with E-state index in [1.807, 2.05) is 6.08 Å².